The number of aryl methyl sites for hydroxylation is 1. The maximum absolute atomic E-state index is 11.4. The average molecular weight is 252 g/mol. The number of hydrogen-bond acceptors (Lipinski definition) is 3. The van der Waals surface area contributed by atoms with Gasteiger partial charge in [-0.25, -0.2) is 0 Å². The van der Waals surface area contributed by atoms with Crippen LogP contribution in [0, 0.1) is 11.3 Å². The number of nitrogens with zero attached hydrogens (tertiary/aromatic N) is 1. The van der Waals surface area contributed by atoms with Crippen molar-refractivity contribution < 1.29 is 9.53 Å². The Balaban J connectivity index is 3.06. The molecule has 90 valence electrons. The fourth-order valence-electron chi connectivity index (χ4n) is 1.63. The van der Waals surface area contributed by atoms with Crippen molar-refractivity contribution in [2.45, 2.75) is 26.7 Å². The van der Waals surface area contributed by atoms with Crippen molar-refractivity contribution >= 4 is 17.6 Å². The van der Waals surface area contributed by atoms with Gasteiger partial charge < -0.3 is 4.74 Å². The van der Waals surface area contributed by atoms with E-state index in [1.807, 2.05) is 13.0 Å². The molecular weight excluding hydrogens is 238 g/mol. The van der Waals surface area contributed by atoms with Crippen molar-refractivity contribution in [1.29, 1.82) is 5.26 Å². The van der Waals surface area contributed by atoms with Gasteiger partial charge in [0.2, 0.25) is 0 Å². The molecule has 1 rings (SSSR count). The van der Waals surface area contributed by atoms with Crippen molar-refractivity contribution in [2.75, 3.05) is 6.61 Å². The molecule has 0 amide bonds. The molecule has 0 spiro atoms. The molecule has 0 radical (unpaired) electrons. The second-order valence-electron chi connectivity index (χ2n) is 3.54. The molecule has 0 aliphatic carbocycles. The Morgan fingerprint density at radius 1 is 1.47 bits per heavy atom. The van der Waals surface area contributed by atoms with E-state index in [0.29, 0.717) is 17.2 Å². The lowest BCUT2D eigenvalue weighted by molar-refractivity contribution is -0.142. The standard InChI is InChI=1S/C13H14ClNO2/c1-3-10-5-9(8-15)6-12(14)11(10)7-13(16)17-4-2/h5-6H,3-4,7H2,1-2H3. The van der Waals surface area contributed by atoms with Crippen molar-refractivity contribution in [1.82, 2.24) is 0 Å². The summed E-state index contributed by atoms with van der Waals surface area (Å²) in [6.07, 6.45) is 0.880. The molecule has 0 heterocycles. The first-order valence-corrected chi connectivity index (χ1v) is 5.87. The molecule has 0 saturated carbocycles. The molecule has 0 bridgehead atoms. The largest absolute Gasteiger partial charge is 0.466 e. The van der Waals surface area contributed by atoms with E-state index in [1.165, 1.54) is 0 Å². The summed E-state index contributed by atoms with van der Waals surface area (Å²) in [5.74, 6) is -0.297. The summed E-state index contributed by atoms with van der Waals surface area (Å²) in [4.78, 5) is 11.4. The molecule has 0 unspecified atom stereocenters. The summed E-state index contributed by atoms with van der Waals surface area (Å²) in [5.41, 5.74) is 2.19. The second-order valence-corrected chi connectivity index (χ2v) is 3.95. The van der Waals surface area contributed by atoms with Gasteiger partial charge in [0.25, 0.3) is 0 Å². The fraction of sp³-hybridized carbons (Fsp3) is 0.385. The van der Waals surface area contributed by atoms with E-state index in [4.69, 9.17) is 21.6 Å². The maximum Gasteiger partial charge on any atom is 0.310 e. The minimum absolute atomic E-state index is 0.154. The molecule has 0 atom stereocenters. The third kappa shape index (κ3) is 3.47. The second kappa shape index (κ2) is 6.27. The van der Waals surface area contributed by atoms with E-state index in [9.17, 15) is 4.79 Å². The lowest BCUT2D eigenvalue weighted by Crippen LogP contribution is -2.10. The van der Waals surface area contributed by atoms with Gasteiger partial charge in [-0.2, -0.15) is 5.26 Å². The molecule has 0 N–H and O–H groups in total. The van der Waals surface area contributed by atoms with E-state index in [0.717, 1.165) is 17.5 Å². The van der Waals surface area contributed by atoms with Crippen LogP contribution in [0.5, 0.6) is 0 Å². The highest BCUT2D eigenvalue weighted by atomic mass is 35.5. The number of carbonyl (C=O) groups is 1. The zero-order chi connectivity index (χ0) is 12.8. The van der Waals surface area contributed by atoms with Gasteiger partial charge in [-0.05, 0) is 36.6 Å². The predicted octanol–water partition coefficient (Wildman–Crippen LogP) is 2.88. The monoisotopic (exact) mass is 251 g/mol. The van der Waals surface area contributed by atoms with Crippen LogP contribution in [-0.4, -0.2) is 12.6 Å². The number of rotatable bonds is 4. The first-order chi connectivity index (χ1) is 8.12. The number of carbonyl (C=O) groups excluding carboxylic acids is 1. The number of halogens is 1. The molecule has 3 nitrogen and oxygen atoms in total. The zero-order valence-corrected chi connectivity index (χ0v) is 10.7. The number of benzene rings is 1. The highest BCUT2D eigenvalue weighted by Crippen LogP contribution is 2.24. The lowest BCUT2D eigenvalue weighted by Gasteiger charge is -2.10. The van der Waals surface area contributed by atoms with E-state index in [1.54, 1.807) is 19.1 Å². The molecule has 0 aliphatic heterocycles. The van der Waals surface area contributed by atoms with Crippen LogP contribution in [0.2, 0.25) is 5.02 Å². The molecule has 0 aliphatic rings. The Morgan fingerprint density at radius 3 is 2.71 bits per heavy atom. The van der Waals surface area contributed by atoms with Gasteiger partial charge in [0.15, 0.2) is 0 Å². The van der Waals surface area contributed by atoms with Crippen LogP contribution < -0.4 is 0 Å². The summed E-state index contributed by atoms with van der Waals surface area (Å²) in [5, 5.41) is 9.29. The number of hydrogen-bond donors (Lipinski definition) is 0. The van der Waals surface area contributed by atoms with Gasteiger partial charge in [-0.1, -0.05) is 18.5 Å². The number of ether oxygens (including phenoxy) is 1. The van der Waals surface area contributed by atoms with Gasteiger partial charge in [0.05, 0.1) is 24.7 Å². The third-order valence-corrected chi connectivity index (χ3v) is 2.76. The summed E-state index contributed by atoms with van der Waals surface area (Å²) in [6, 6.07) is 5.39. The van der Waals surface area contributed by atoms with Crippen LogP contribution in [0.3, 0.4) is 0 Å². The Kier molecular flexibility index (Phi) is 4.99. The molecule has 17 heavy (non-hydrogen) atoms. The van der Waals surface area contributed by atoms with Crippen LogP contribution >= 0.6 is 11.6 Å². The summed E-state index contributed by atoms with van der Waals surface area (Å²) >= 11 is 6.08. The highest BCUT2D eigenvalue weighted by Gasteiger charge is 2.13. The quantitative estimate of drug-likeness (QED) is 0.773. The third-order valence-electron chi connectivity index (χ3n) is 2.42. The normalized spacial score (nSPS) is 9.76. The van der Waals surface area contributed by atoms with Gasteiger partial charge in [0.1, 0.15) is 0 Å². The molecule has 0 saturated heterocycles. The Labute approximate surface area is 106 Å². The highest BCUT2D eigenvalue weighted by molar-refractivity contribution is 6.31. The van der Waals surface area contributed by atoms with E-state index in [2.05, 4.69) is 0 Å². The van der Waals surface area contributed by atoms with Crippen molar-refractivity contribution in [3.05, 3.63) is 33.8 Å². The van der Waals surface area contributed by atoms with Crippen LogP contribution in [0.1, 0.15) is 30.5 Å². The fourth-order valence-corrected chi connectivity index (χ4v) is 1.93. The zero-order valence-electron chi connectivity index (χ0n) is 9.92. The number of esters is 1. The molecule has 1 aromatic carbocycles. The van der Waals surface area contributed by atoms with Crippen LogP contribution in [0.15, 0.2) is 12.1 Å². The van der Waals surface area contributed by atoms with Crippen molar-refractivity contribution in [3.8, 4) is 6.07 Å². The smallest absolute Gasteiger partial charge is 0.310 e. The van der Waals surface area contributed by atoms with Crippen LogP contribution in [-0.2, 0) is 22.4 Å². The predicted molar refractivity (Wildman–Crippen MR) is 65.9 cm³/mol. The Bertz CT molecular complexity index is 463. The van der Waals surface area contributed by atoms with Crippen molar-refractivity contribution in [3.63, 3.8) is 0 Å². The maximum atomic E-state index is 11.4. The molecule has 4 heteroatoms. The first kappa shape index (κ1) is 13.5. The summed E-state index contributed by atoms with van der Waals surface area (Å²) < 4.78 is 4.89. The van der Waals surface area contributed by atoms with E-state index < -0.39 is 0 Å². The van der Waals surface area contributed by atoms with Crippen LogP contribution in [0.25, 0.3) is 0 Å². The van der Waals surface area contributed by atoms with Crippen LogP contribution in [0.4, 0.5) is 0 Å². The Morgan fingerprint density at radius 2 is 2.18 bits per heavy atom. The lowest BCUT2D eigenvalue weighted by atomic mass is 10.00. The van der Waals surface area contributed by atoms with Gasteiger partial charge in [-0.3, -0.25) is 4.79 Å². The van der Waals surface area contributed by atoms with Gasteiger partial charge in [0, 0.05) is 5.02 Å². The van der Waals surface area contributed by atoms with E-state index >= 15 is 0 Å². The summed E-state index contributed by atoms with van der Waals surface area (Å²) in [6.45, 7) is 4.08. The number of nitriles is 1. The molecule has 0 aromatic heterocycles. The molecule has 0 fully saturated rings. The first-order valence-electron chi connectivity index (χ1n) is 5.49. The average Bonchev–Trinajstić information content (AvgIpc) is 2.31. The molecule has 1 aromatic rings. The van der Waals surface area contributed by atoms with E-state index in [-0.39, 0.29) is 12.4 Å². The molecular formula is C13H14ClNO2. The minimum Gasteiger partial charge on any atom is -0.466 e. The van der Waals surface area contributed by atoms with Gasteiger partial charge in [-0.15, -0.1) is 0 Å². The van der Waals surface area contributed by atoms with Gasteiger partial charge >= 0.3 is 5.97 Å². The Hall–Kier alpha value is -1.53. The summed E-state index contributed by atoms with van der Waals surface area (Å²) in [7, 11) is 0. The SMILES string of the molecule is CCOC(=O)Cc1c(Cl)cc(C#N)cc1CC. The van der Waals surface area contributed by atoms with Crippen molar-refractivity contribution in [2.24, 2.45) is 0 Å². The topological polar surface area (TPSA) is 50.1 Å². The minimum atomic E-state index is -0.297.